The van der Waals surface area contributed by atoms with E-state index in [-0.39, 0.29) is 11.6 Å². The van der Waals surface area contributed by atoms with Gasteiger partial charge in [-0.05, 0) is 44.2 Å². The minimum absolute atomic E-state index is 0.286. The number of hydrogen-bond acceptors (Lipinski definition) is 6. The SMILES string of the molecule is Cc1cccc(NC(=O)c2cc(-c3ccco3)nc3onc(C)c23)n1. The lowest BCUT2D eigenvalue weighted by Gasteiger charge is -2.07. The lowest BCUT2D eigenvalue weighted by atomic mass is 10.1. The van der Waals surface area contributed by atoms with Gasteiger partial charge in [-0.2, -0.15) is 0 Å². The van der Waals surface area contributed by atoms with Crippen LogP contribution in [0.3, 0.4) is 0 Å². The molecule has 0 aromatic carbocycles. The highest BCUT2D eigenvalue weighted by atomic mass is 16.5. The second-order valence-electron chi connectivity index (χ2n) is 5.60. The minimum Gasteiger partial charge on any atom is -0.463 e. The normalized spacial score (nSPS) is 11.0. The first-order chi connectivity index (χ1) is 12.1. The van der Waals surface area contributed by atoms with Crippen molar-refractivity contribution in [1.82, 2.24) is 15.1 Å². The Kier molecular flexibility index (Phi) is 3.53. The average Bonchev–Trinajstić information content (AvgIpc) is 3.24. The number of aryl methyl sites for hydroxylation is 2. The van der Waals surface area contributed by atoms with Gasteiger partial charge in [0, 0.05) is 5.69 Å². The fourth-order valence-corrected chi connectivity index (χ4v) is 2.62. The Hall–Kier alpha value is -3.48. The Morgan fingerprint density at radius 2 is 2.00 bits per heavy atom. The van der Waals surface area contributed by atoms with Crippen molar-refractivity contribution in [2.45, 2.75) is 13.8 Å². The van der Waals surface area contributed by atoms with Crippen molar-refractivity contribution in [3.63, 3.8) is 0 Å². The van der Waals surface area contributed by atoms with Crippen LogP contribution in [0.25, 0.3) is 22.6 Å². The summed E-state index contributed by atoms with van der Waals surface area (Å²) >= 11 is 0. The number of furan rings is 1. The molecular weight excluding hydrogens is 320 g/mol. The lowest BCUT2D eigenvalue weighted by Crippen LogP contribution is -2.14. The molecule has 0 aliphatic heterocycles. The van der Waals surface area contributed by atoms with Crippen LogP contribution >= 0.6 is 0 Å². The number of amides is 1. The molecule has 124 valence electrons. The van der Waals surface area contributed by atoms with Crippen molar-refractivity contribution in [3.8, 4) is 11.5 Å². The van der Waals surface area contributed by atoms with Gasteiger partial charge in [-0.15, -0.1) is 0 Å². The molecule has 0 aliphatic carbocycles. The van der Waals surface area contributed by atoms with Crippen molar-refractivity contribution in [3.05, 3.63) is 59.6 Å². The summed E-state index contributed by atoms with van der Waals surface area (Å²) in [7, 11) is 0. The number of aromatic nitrogens is 3. The maximum Gasteiger partial charge on any atom is 0.259 e. The molecule has 25 heavy (non-hydrogen) atoms. The first-order valence-corrected chi connectivity index (χ1v) is 7.68. The fraction of sp³-hybridized carbons (Fsp3) is 0.111. The van der Waals surface area contributed by atoms with Gasteiger partial charge in [0.2, 0.25) is 0 Å². The van der Waals surface area contributed by atoms with Crippen LogP contribution in [-0.4, -0.2) is 21.0 Å². The van der Waals surface area contributed by atoms with Crippen LogP contribution in [0.5, 0.6) is 0 Å². The first-order valence-electron chi connectivity index (χ1n) is 7.68. The Balaban J connectivity index is 1.81. The summed E-state index contributed by atoms with van der Waals surface area (Å²) in [6.45, 7) is 3.63. The van der Waals surface area contributed by atoms with Gasteiger partial charge in [-0.3, -0.25) is 4.79 Å². The van der Waals surface area contributed by atoms with Gasteiger partial charge in [0.05, 0.1) is 22.9 Å². The molecular formula is C18H14N4O3. The van der Waals surface area contributed by atoms with Gasteiger partial charge in [-0.1, -0.05) is 11.2 Å². The zero-order valence-corrected chi connectivity index (χ0v) is 13.6. The molecule has 0 saturated heterocycles. The quantitative estimate of drug-likeness (QED) is 0.613. The zero-order valence-electron chi connectivity index (χ0n) is 13.6. The van der Waals surface area contributed by atoms with E-state index in [1.807, 2.05) is 19.1 Å². The number of nitrogens with zero attached hydrogens (tertiary/aromatic N) is 3. The number of nitrogens with one attached hydrogen (secondary N) is 1. The highest BCUT2D eigenvalue weighted by molar-refractivity contribution is 6.12. The molecule has 0 aliphatic rings. The molecule has 0 radical (unpaired) electrons. The smallest absolute Gasteiger partial charge is 0.259 e. The van der Waals surface area contributed by atoms with Crippen LogP contribution in [0.2, 0.25) is 0 Å². The first kappa shape index (κ1) is 15.1. The highest BCUT2D eigenvalue weighted by Gasteiger charge is 2.20. The van der Waals surface area contributed by atoms with E-state index < -0.39 is 0 Å². The molecule has 0 saturated carbocycles. The van der Waals surface area contributed by atoms with E-state index in [2.05, 4.69) is 20.4 Å². The molecule has 1 N–H and O–H groups in total. The predicted octanol–water partition coefficient (Wildman–Crippen LogP) is 3.75. The lowest BCUT2D eigenvalue weighted by molar-refractivity contribution is 0.102. The number of fused-ring (bicyclic) bond motifs is 1. The third kappa shape index (κ3) is 2.76. The molecule has 0 atom stereocenters. The second-order valence-corrected chi connectivity index (χ2v) is 5.60. The largest absolute Gasteiger partial charge is 0.463 e. The average molecular weight is 334 g/mol. The number of carbonyl (C=O) groups is 1. The molecule has 7 heteroatoms. The van der Waals surface area contributed by atoms with Crippen molar-refractivity contribution in [2.75, 3.05) is 5.32 Å². The summed E-state index contributed by atoms with van der Waals surface area (Å²) in [6, 6.07) is 10.6. The third-order valence-corrected chi connectivity index (χ3v) is 3.77. The van der Waals surface area contributed by atoms with Crippen LogP contribution in [0.15, 0.2) is 51.6 Å². The van der Waals surface area contributed by atoms with Crippen LogP contribution in [0.1, 0.15) is 21.7 Å². The Bertz CT molecular complexity index is 1070. The van der Waals surface area contributed by atoms with E-state index >= 15 is 0 Å². The van der Waals surface area contributed by atoms with Gasteiger partial charge >= 0.3 is 0 Å². The van der Waals surface area contributed by atoms with Crippen molar-refractivity contribution < 1.29 is 13.7 Å². The summed E-state index contributed by atoms with van der Waals surface area (Å²) in [4.78, 5) is 21.5. The highest BCUT2D eigenvalue weighted by Crippen LogP contribution is 2.27. The molecule has 0 fully saturated rings. The molecule has 0 bridgehead atoms. The zero-order chi connectivity index (χ0) is 17.4. The number of hydrogen-bond donors (Lipinski definition) is 1. The van der Waals surface area contributed by atoms with E-state index in [0.717, 1.165) is 5.69 Å². The number of pyridine rings is 2. The third-order valence-electron chi connectivity index (χ3n) is 3.77. The van der Waals surface area contributed by atoms with Gasteiger partial charge in [0.25, 0.3) is 11.6 Å². The van der Waals surface area contributed by atoms with Crippen LogP contribution in [0, 0.1) is 13.8 Å². The number of rotatable bonds is 3. The van der Waals surface area contributed by atoms with Crippen LogP contribution < -0.4 is 5.32 Å². The Morgan fingerprint density at radius 1 is 1.12 bits per heavy atom. The van der Waals surface area contributed by atoms with Crippen molar-refractivity contribution in [1.29, 1.82) is 0 Å². The monoisotopic (exact) mass is 334 g/mol. The van der Waals surface area contributed by atoms with E-state index in [0.29, 0.717) is 33.9 Å². The maximum atomic E-state index is 12.8. The summed E-state index contributed by atoms with van der Waals surface area (Å²) in [5.41, 5.74) is 2.59. The summed E-state index contributed by atoms with van der Waals surface area (Å²) in [5, 5.41) is 7.29. The van der Waals surface area contributed by atoms with E-state index in [1.165, 1.54) is 0 Å². The summed E-state index contributed by atoms with van der Waals surface area (Å²) in [6.07, 6.45) is 1.54. The van der Waals surface area contributed by atoms with E-state index in [4.69, 9.17) is 8.94 Å². The van der Waals surface area contributed by atoms with Gasteiger partial charge in [0.1, 0.15) is 11.5 Å². The number of anilines is 1. The minimum atomic E-state index is -0.315. The van der Waals surface area contributed by atoms with Crippen LogP contribution in [0.4, 0.5) is 5.82 Å². The Morgan fingerprint density at radius 3 is 2.76 bits per heavy atom. The fourth-order valence-electron chi connectivity index (χ4n) is 2.62. The molecule has 0 unspecified atom stereocenters. The molecule has 1 amide bonds. The molecule has 4 aromatic heterocycles. The summed E-state index contributed by atoms with van der Waals surface area (Å²) < 4.78 is 10.6. The second kappa shape index (κ2) is 5.86. The molecule has 4 rings (SSSR count). The molecule has 4 aromatic rings. The van der Waals surface area contributed by atoms with E-state index in [1.54, 1.807) is 37.5 Å². The van der Waals surface area contributed by atoms with Gasteiger partial charge in [0.15, 0.2) is 5.76 Å². The molecule has 0 spiro atoms. The van der Waals surface area contributed by atoms with Crippen molar-refractivity contribution >= 4 is 22.8 Å². The van der Waals surface area contributed by atoms with Gasteiger partial charge < -0.3 is 14.3 Å². The Labute approximate surface area is 142 Å². The van der Waals surface area contributed by atoms with E-state index in [9.17, 15) is 4.79 Å². The van der Waals surface area contributed by atoms with Crippen LogP contribution in [-0.2, 0) is 0 Å². The maximum absolute atomic E-state index is 12.8. The standard InChI is InChI=1S/C18H14N4O3/c1-10-5-3-7-15(19-10)21-17(23)12-9-13(14-6-4-8-24-14)20-18-16(12)11(2)22-25-18/h3-9H,1-2H3,(H,19,21,23). The topological polar surface area (TPSA) is 94.1 Å². The summed E-state index contributed by atoms with van der Waals surface area (Å²) in [5.74, 6) is 0.701. The number of carbonyl (C=O) groups excluding carboxylic acids is 1. The molecule has 7 nitrogen and oxygen atoms in total. The van der Waals surface area contributed by atoms with Gasteiger partial charge in [-0.25, -0.2) is 9.97 Å². The molecule has 4 heterocycles. The predicted molar refractivity (Wildman–Crippen MR) is 91.2 cm³/mol. The van der Waals surface area contributed by atoms with Crippen molar-refractivity contribution in [2.24, 2.45) is 0 Å².